The molecule has 0 unspecified atom stereocenters. The first-order chi connectivity index (χ1) is 7.44. The van der Waals surface area contributed by atoms with Gasteiger partial charge >= 0.3 is 0 Å². The van der Waals surface area contributed by atoms with E-state index in [9.17, 15) is 13.6 Å². The van der Waals surface area contributed by atoms with Crippen LogP contribution in [0.2, 0.25) is 0 Å². The number of rotatable bonds is 4. The fourth-order valence-corrected chi connectivity index (χ4v) is 1.56. The number of nitrogens with two attached hydrogens (primary N) is 1. The molecule has 0 fully saturated rings. The largest absolute Gasteiger partial charge is 0.346 e. The first kappa shape index (κ1) is 13.3. The molecule has 0 saturated carbocycles. The minimum atomic E-state index is -3.06. The van der Waals surface area contributed by atoms with Crippen LogP contribution < -0.4 is 11.1 Å². The maximum atomic E-state index is 12.8. The summed E-state index contributed by atoms with van der Waals surface area (Å²) in [5.74, 6) is -3.58. The highest BCUT2D eigenvalue weighted by molar-refractivity contribution is 14.1. The summed E-state index contributed by atoms with van der Waals surface area (Å²) in [6.07, 6.45) is 0. The predicted octanol–water partition coefficient (Wildman–Crippen LogP) is 1.61. The normalized spacial score (nSPS) is 11.2. The van der Waals surface area contributed by atoms with E-state index in [2.05, 4.69) is 5.32 Å². The van der Waals surface area contributed by atoms with Crippen molar-refractivity contribution in [2.45, 2.75) is 5.92 Å². The first-order valence-corrected chi connectivity index (χ1v) is 5.64. The maximum Gasteiger partial charge on any atom is 0.277 e. The molecular formula is C10H11F2IN2O. The van der Waals surface area contributed by atoms with Crippen LogP contribution in [-0.4, -0.2) is 24.9 Å². The summed E-state index contributed by atoms with van der Waals surface area (Å²) in [7, 11) is 0. The van der Waals surface area contributed by atoms with Gasteiger partial charge in [-0.15, -0.1) is 0 Å². The van der Waals surface area contributed by atoms with Crippen molar-refractivity contribution in [2.75, 3.05) is 13.1 Å². The van der Waals surface area contributed by atoms with E-state index in [1.807, 2.05) is 28.7 Å². The molecule has 0 aliphatic carbocycles. The number of amides is 1. The van der Waals surface area contributed by atoms with E-state index in [1.165, 1.54) is 0 Å². The summed E-state index contributed by atoms with van der Waals surface area (Å²) in [6, 6.07) is 6.69. The van der Waals surface area contributed by atoms with Crippen molar-refractivity contribution in [2.24, 2.45) is 5.73 Å². The zero-order chi connectivity index (χ0) is 12.2. The van der Waals surface area contributed by atoms with Crippen LogP contribution in [0.5, 0.6) is 0 Å². The molecule has 3 N–H and O–H groups in total. The predicted molar refractivity (Wildman–Crippen MR) is 65.5 cm³/mol. The van der Waals surface area contributed by atoms with Crippen LogP contribution in [-0.2, 0) is 0 Å². The number of alkyl halides is 2. The fraction of sp³-hybridized carbons (Fsp3) is 0.300. The zero-order valence-corrected chi connectivity index (χ0v) is 10.5. The Morgan fingerprint density at radius 1 is 1.50 bits per heavy atom. The summed E-state index contributed by atoms with van der Waals surface area (Å²) in [5.41, 5.74) is 5.21. The van der Waals surface area contributed by atoms with Crippen molar-refractivity contribution < 1.29 is 13.6 Å². The second-order valence-corrected chi connectivity index (χ2v) is 4.50. The second kappa shape index (κ2) is 5.53. The Morgan fingerprint density at radius 3 is 2.75 bits per heavy atom. The Bertz CT molecular complexity index is 385. The molecule has 0 radical (unpaired) electrons. The number of carbonyl (C=O) groups excluding carboxylic acids is 1. The highest BCUT2D eigenvalue weighted by atomic mass is 127. The quantitative estimate of drug-likeness (QED) is 0.819. The summed E-state index contributed by atoms with van der Waals surface area (Å²) in [6.45, 7) is -1.52. The van der Waals surface area contributed by atoms with Crippen LogP contribution in [0, 0.1) is 3.57 Å². The molecular weight excluding hydrogens is 329 g/mol. The third kappa shape index (κ3) is 4.01. The van der Waals surface area contributed by atoms with Gasteiger partial charge in [-0.25, -0.2) is 8.78 Å². The van der Waals surface area contributed by atoms with Gasteiger partial charge in [0.15, 0.2) is 0 Å². The van der Waals surface area contributed by atoms with Crippen LogP contribution in [0.3, 0.4) is 0 Å². The molecule has 0 heterocycles. The van der Waals surface area contributed by atoms with Gasteiger partial charge in [-0.05, 0) is 40.8 Å². The third-order valence-electron chi connectivity index (χ3n) is 1.89. The lowest BCUT2D eigenvalue weighted by Crippen LogP contribution is -2.41. The van der Waals surface area contributed by atoms with Gasteiger partial charge in [0.1, 0.15) is 0 Å². The van der Waals surface area contributed by atoms with E-state index in [-0.39, 0.29) is 0 Å². The van der Waals surface area contributed by atoms with Crippen molar-refractivity contribution in [3.63, 3.8) is 0 Å². The molecule has 88 valence electrons. The Labute approximate surface area is 106 Å². The summed E-state index contributed by atoms with van der Waals surface area (Å²) >= 11 is 2.04. The molecule has 1 aromatic rings. The van der Waals surface area contributed by atoms with Crippen LogP contribution >= 0.6 is 22.6 Å². The van der Waals surface area contributed by atoms with Crippen molar-refractivity contribution in [1.29, 1.82) is 0 Å². The molecule has 0 saturated heterocycles. The standard InChI is InChI=1S/C10H11F2IN2O/c11-10(12,5-14)6-15-9(16)7-2-1-3-8(13)4-7/h1-4H,5-6,14H2,(H,15,16). The summed E-state index contributed by atoms with van der Waals surface area (Å²) < 4.78 is 26.4. The molecule has 0 spiro atoms. The fourth-order valence-electron chi connectivity index (χ4n) is 1.01. The first-order valence-electron chi connectivity index (χ1n) is 4.56. The van der Waals surface area contributed by atoms with Crippen LogP contribution in [0.4, 0.5) is 8.78 Å². The maximum absolute atomic E-state index is 12.8. The Hall–Kier alpha value is -0.760. The lowest BCUT2D eigenvalue weighted by atomic mass is 10.2. The lowest BCUT2D eigenvalue weighted by Gasteiger charge is -2.14. The van der Waals surface area contributed by atoms with Gasteiger partial charge in [0.2, 0.25) is 0 Å². The molecule has 0 atom stereocenters. The molecule has 0 aliphatic rings. The second-order valence-electron chi connectivity index (χ2n) is 3.25. The topological polar surface area (TPSA) is 55.1 Å². The van der Waals surface area contributed by atoms with Gasteiger partial charge in [-0.2, -0.15) is 0 Å². The monoisotopic (exact) mass is 340 g/mol. The van der Waals surface area contributed by atoms with E-state index < -0.39 is 24.9 Å². The smallest absolute Gasteiger partial charge is 0.277 e. The van der Waals surface area contributed by atoms with E-state index in [0.717, 1.165) is 3.57 Å². The minimum Gasteiger partial charge on any atom is -0.346 e. The average Bonchev–Trinajstić information content (AvgIpc) is 2.26. The molecule has 1 rings (SSSR count). The third-order valence-corrected chi connectivity index (χ3v) is 2.56. The van der Waals surface area contributed by atoms with Crippen molar-refractivity contribution in [1.82, 2.24) is 5.32 Å². The Morgan fingerprint density at radius 2 is 2.19 bits per heavy atom. The van der Waals surface area contributed by atoms with E-state index in [1.54, 1.807) is 18.2 Å². The zero-order valence-electron chi connectivity index (χ0n) is 8.34. The molecule has 1 amide bonds. The van der Waals surface area contributed by atoms with Crippen LogP contribution in [0.15, 0.2) is 24.3 Å². The van der Waals surface area contributed by atoms with E-state index >= 15 is 0 Å². The molecule has 6 heteroatoms. The number of carbonyl (C=O) groups is 1. The molecule has 0 bridgehead atoms. The number of nitrogens with one attached hydrogen (secondary N) is 1. The van der Waals surface area contributed by atoms with Gasteiger partial charge in [0.25, 0.3) is 11.8 Å². The molecule has 0 aromatic heterocycles. The number of halogens is 3. The molecule has 3 nitrogen and oxygen atoms in total. The van der Waals surface area contributed by atoms with Gasteiger partial charge in [-0.3, -0.25) is 4.79 Å². The molecule has 16 heavy (non-hydrogen) atoms. The molecule has 1 aromatic carbocycles. The molecule has 0 aliphatic heterocycles. The lowest BCUT2D eigenvalue weighted by molar-refractivity contribution is 0.0118. The Kier molecular flexibility index (Phi) is 4.60. The average molecular weight is 340 g/mol. The van der Waals surface area contributed by atoms with Gasteiger partial charge < -0.3 is 11.1 Å². The van der Waals surface area contributed by atoms with Gasteiger partial charge in [-0.1, -0.05) is 6.07 Å². The van der Waals surface area contributed by atoms with Crippen molar-refractivity contribution in [3.05, 3.63) is 33.4 Å². The van der Waals surface area contributed by atoms with E-state index in [0.29, 0.717) is 5.56 Å². The number of hydrogen-bond acceptors (Lipinski definition) is 2. The number of benzene rings is 1. The Balaban J connectivity index is 2.60. The number of hydrogen-bond donors (Lipinski definition) is 2. The van der Waals surface area contributed by atoms with E-state index in [4.69, 9.17) is 5.73 Å². The van der Waals surface area contributed by atoms with Gasteiger partial charge in [0, 0.05) is 9.13 Å². The van der Waals surface area contributed by atoms with Crippen molar-refractivity contribution >= 4 is 28.5 Å². The van der Waals surface area contributed by atoms with Crippen LogP contribution in [0.1, 0.15) is 10.4 Å². The van der Waals surface area contributed by atoms with Crippen molar-refractivity contribution in [3.8, 4) is 0 Å². The SMILES string of the molecule is NCC(F)(F)CNC(=O)c1cccc(I)c1. The summed E-state index contributed by atoms with van der Waals surface area (Å²) in [5, 5.41) is 2.15. The van der Waals surface area contributed by atoms with Gasteiger partial charge in [0.05, 0.1) is 13.1 Å². The summed E-state index contributed by atoms with van der Waals surface area (Å²) in [4.78, 5) is 11.5. The minimum absolute atomic E-state index is 0.361. The van der Waals surface area contributed by atoms with Crippen LogP contribution in [0.25, 0.3) is 0 Å². The highest BCUT2D eigenvalue weighted by Gasteiger charge is 2.27. The highest BCUT2D eigenvalue weighted by Crippen LogP contribution is 2.10.